The summed E-state index contributed by atoms with van der Waals surface area (Å²) < 4.78 is 12.9. The molecule has 1 N–H and O–H groups in total. The number of nitrogens with zero attached hydrogens (tertiary/aromatic N) is 4. The maximum absolute atomic E-state index is 12.1. The summed E-state index contributed by atoms with van der Waals surface area (Å²) in [5, 5.41) is 12.3. The van der Waals surface area contributed by atoms with Crippen LogP contribution in [0, 0.1) is 5.92 Å². The lowest BCUT2D eigenvalue weighted by Crippen LogP contribution is -2.32. The Labute approximate surface area is 182 Å². The van der Waals surface area contributed by atoms with E-state index in [2.05, 4.69) is 25.0 Å². The number of nitrogens with one attached hydrogen (secondary N) is 1. The molecule has 0 saturated carbocycles. The number of aromatic nitrogens is 3. The molecule has 0 fully saturated rings. The van der Waals surface area contributed by atoms with E-state index in [0.717, 1.165) is 43.3 Å². The second-order valence-electron chi connectivity index (χ2n) is 7.81. The molecule has 2 aromatic rings. The minimum atomic E-state index is -0.187. The van der Waals surface area contributed by atoms with Gasteiger partial charge < -0.3 is 19.4 Å². The van der Waals surface area contributed by atoms with Crippen LogP contribution in [0.5, 0.6) is 11.5 Å². The number of hydrogen-bond donors (Lipinski definition) is 1. The lowest BCUT2D eigenvalue weighted by atomic mass is 10.1. The molecular formula is C21H30ClN5O3. The molecule has 8 nitrogen and oxygen atoms in total. The average Bonchev–Trinajstić information content (AvgIpc) is 3.03. The van der Waals surface area contributed by atoms with Gasteiger partial charge in [-0.05, 0) is 18.6 Å². The number of amides is 1. The third-order valence-electron chi connectivity index (χ3n) is 5.38. The van der Waals surface area contributed by atoms with Crippen LogP contribution in [-0.4, -0.2) is 52.9 Å². The zero-order valence-corrected chi connectivity index (χ0v) is 19.0. The van der Waals surface area contributed by atoms with Crippen LogP contribution in [0.3, 0.4) is 0 Å². The van der Waals surface area contributed by atoms with Crippen LogP contribution in [0.1, 0.15) is 44.0 Å². The van der Waals surface area contributed by atoms with Gasteiger partial charge in [0.15, 0.2) is 17.3 Å². The molecule has 0 saturated heterocycles. The van der Waals surface area contributed by atoms with Crippen LogP contribution in [0.4, 0.5) is 0 Å². The lowest BCUT2D eigenvalue weighted by molar-refractivity contribution is -0.124. The smallest absolute Gasteiger partial charge is 0.223 e. The van der Waals surface area contributed by atoms with E-state index in [0.29, 0.717) is 23.1 Å². The monoisotopic (exact) mass is 435 g/mol. The van der Waals surface area contributed by atoms with E-state index >= 15 is 0 Å². The van der Waals surface area contributed by atoms with Crippen molar-refractivity contribution in [3.05, 3.63) is 34.4 Å². The largest absolute Gasteiger partial charge is 0.493 e. The molecule has 0 aliphatic carbocycles. The number of fused-ring (bicyclic) bond motifs is 1. The van der Waals surface area contributed by atoms with Gasteiger partial charge in [0.25, 0.3) is 0 Å². The van der Waals surface area contributed by atoms with Crippen molar-refractivity contribution in [3.63, 3.8) is 0 Å². The van der Waals surface area contributed by atoms with Gasteiger partial charge >= 0.3 is 0 Å². The Morgan fingerprint density at radius 1 is 1.17 bits per heavy atom. The van der Waals surface area contributed by atoms with Crippen LogP contribution in [0.15, 0.2) is 12.1 Å². The molecule has 1 unspecified atom stereocenters. The van der Waals surface area contributed by atoms with Crippen LogP contribution < -0.4 is 14.8 Å². The molecule has 1 aliphatic heterocycles. The van der Waals surface area contributed by atoms with E-state index in [1.54, 1.807) is 14.2 Å². The predicted molar refractivity (Wildman–Crippen MR) is 115 cm³/mol. The fourth-order valence-electron chi connectivity index (χ4n) is 3.61. The van der Waals surface area contributed by atoms with Gasteiger partial charge in [-0.3, -0.25) is 9.69 Å². The van der Waals surface area contributed by atoms with Crippen molar-refractivity contribution in [1.29, 1.82) is 0 Å². The first-order valence-corrected chi connectivity index (χ1v) is 10.6. The maximum atomic E-state index is 12.1. The van der Waals surface area contributed by atoms with Crippen molar-refractivity contribution < 1.29 is 14.3 Å². The number of halogens is 1. The van der Waals surface area contributed by atoms with Crippen LogP contribution in [-0.2, 0) is 24.3 Å². The van der Waals surface area contributed by atoms with Crippen LogP contribution in [0.2, 0.25) is 5.02 Å². The summed E-state index contributed by atoms with van der Waals surface area (Å²) in [6.07, 6.45) is 0.781. The molecule has 1 aromatic heterocycles. The number of hydrogen-bond acceptors (Lipinski definition) is 6. The van der Waals surface area contributed by atoms with Crippen molar-refractivity contribution >= 4 is 17.5 Å². The van der Waals surface area contributed by atoms with E-state index in [1.165, 1.54) is 0 Å². The minimum absolute atomic E-state index is 0.0122. The Morgan fingerprint density at radius 3 is 2.60 bits per heavy atom. The Bertz CT molecular complexity index is 899. The summed E-state index contributed by atoms with van der Waals surface area (Å²) in [6.45, 7) is 8.83. The molecule has 3 rings (SSSR count). The molecule has 164 valence electrons. The third kappa shape index (κ3) is 4.70. The van der Waals surface area contributed by atoms with Gasteiger partial charge in [-0.25, -0.2) is 0 Å². The van der Waals surface area contributed by atoms with Crippen molar-refractivity contribution in [2.45, 2.75) is 46.3 Å². The van der Waals surface area contributed by atoms with Gasteiger partial charge in [0.05, 0.1) is 25.3 Å². The maximum Gasteiger partial charge on any atom is 0.223 e. The van der Waals surface area contributed by atoms with Gasteiger partial charge in [0, 0.05) is 38.5 Å². The first-order chi connectivity index (χ1) is 14.3. The lowest BCUT2D eigenvalue weighted by Gasteiger charge is -2.22. The Morgan fingerprint density at radius 2 is 1.93 bits per heavy atom. The zero-order chi connectivity index (χ0) is 21.8. The Kier molecular flexibility index (Phi) is 7.20. The standard InChI is InChI=1S/C21H30ClN5O3/c1-13(2)21(28)23-14(3)20-25-24-17-8-9-26(10-11-27(17)20)12-15-6-7-16(29-4)19(30-5)18(15)22/h6-7,13-14H,8-12H2,1-5H3,(H,23,28). The molecule has 30 heavy (non-hydrogen) atoms. The second kappa shape index (κ2) is 9.66. The zero-order valence-electron chi connectivity index (χ0n) is 18.2. The van der Waals surface area contributed by atoms with Crippen molar-refractivity contribution in [3.8, 4) is 11.5 Å². The van der Waals surface area contributed by atoms with Crippen molar-refractivity contribution in [2.24, 2.45) is 5.92 Å². The van der Waals surface area contributed by atoms with Crippen molar-refractivity contribution in [1.82, 2.24) is 25.0 Å². The quantitative estimate of drug-likeness (QED) is 0.720. The molecule has 1 aliphatic rings. The van der Waals surface area contributed by atoms with Gasteiger partial charge in [-0.15, -0.1) is 10.2 Å². The summed E-state index contributed by atoms with van der Waals surface area (Å²) in [7, 11) is 3.19. The fourth-order valence-corrected chi connectivity index (χ4v) is 3.90. The van der Waals surface area contributed by atoms with Crippen LogP contribution >= 0.6 is 11.6 Å². The molecule has 9 heteroatoms. The minimum Gasteiger partial charge on any atom is -0.493 e. The Hall–Kier alpha value is -2.32. The molecule has 0 bridgehead atoms. The van der Waals surface area contributed by atoms with E-state index in [1.807, 2.05) is 32.9 Å². The highest BCUT2D eigenvalue weighted by Gasteiger charge is 2.24. The third-order valence-corrected chi connectivity index (χ3v) is 5.79. The van der Waals surface area contributed by atoms with Gasteiger partial charge in [0.1, 0.15) is 5.82 Å². The summed E-state index contributed by atoms with van der Waals surface area (Å²) in [5.74, 6) is 2.86. The van der Waals surface area contributed by atoms with Gasteiger partial charge in [0.2, 0.25) is 5.91 Å². The highest BCUT2D eigenvalue weighted by atomic mass is 35.5. The first-order valence-electron chi connectivity index (χ1n) is 10.2. The molecule has 1 amide bonds. The number of methoxy groups -OCH3 is 2. The number of carbonyl (C=O) groups is 1. The summed E-state index contributed by atoms with van der Waals surface area (Å²) in [5.41, 5.74) is 0.991. The van der Waals surface area contributed by atoms with Gasteiger partial charge in [-0.1, -0.05) is 31.5 Å². The molecule has 2 heterocycles. The average molecular weight is 436 g/mol. The highest BCUT2D eigenvalue weighted by Crippen LogP contribution is 2.37. The number of ether oxygens (including phenoxy) is 2. The number of carbonyl (C=O) groups excluding carboxylic acids is 1. The molecule has 1 aromatic carbocycles. The van der Waals surface area contributed by atoms with E-state index in [9.17, 15) is 4.79 Å². The Balaban J connectivity index is 1.71. The molecule has 0 radical (unpaired) electrons. The molecule has 1 atom stereocenters. The van der Waals surface area contributed by atoms with Gasteiger partial charge in [-0.2, -0.15) is 0 Å². The SMILES string of the molecule is COc1ccc(CN2CCc3nnc(C(C)NC(=O)C(C)C)n3CC2)c(Cl)c1OC. The number of rotatable bonds is 7. The topological polar surface area (TPSA) is 81.5 Å². The predicted octanol–water partition coefficient (Wildman–Crippen LogP) is 2.84. The van der Waals surface area contributed by atoms with E-state index in [4.69, 9.17) is 21.1 Å². The first kappa shape index (κ1) is 22.4. The second-order valence-corrected chi connectivity index (χ2v) is 8.19. The highest BCUT2D eigenvalue weighted by molar-refractivity contribution is 6.33. The van der Waals surface area contributed by atoms with Crippen LogP contribution in [0.25, 0.3) is 0 Å². The molecule has 0 spiro atoms. The van der Waals surface area contributed by atoms with E-state index in [-0.39, 0.29) is 17.9 Å². The summed E-state index contributed by atoms with van der Waals surface area (Å²) in [4.78, 5) is 14.4. The number of benzene rings is 1. The van der Waals surface area contributed by atoms with Crippen molar-refractivity contribution in [2.75, 3.05) is 27.3 Å². The van der Waals surface area contributed by atoms with E-state index < -0.39 is 0 Å². The fraction of sp³-hybridized carbons (Fsp3) is 0.571. The summed E-state index contributed by atoms with van der Waals surface area (Å²) >= 11 is 6.56. The molecular weight excluding hydrogens is 406 g/mol. The normalized spacial score (nSPS) is 15.4. The summed E-state index contributed by atoms with van der Waals surface area (Å²) in [6, 6.07) is 3.67.